The van der Waals surface area contributed by atoms with Crippen molar-refractivity contribution < 1.29 is 52.7 Å². The summed E-state index contributed by atoms with van der Waals surface area (Å²) in [5.74, 6) is -1.58. The van der Waals surface area contributed by atoms with Gasteiger partial charge in [-0.3, -0.25) is 0 Å². The Hall–Kier alpha value is -5.04. The molecule has 0 amide bonds. The van der Waals surface area contributed by atoms with Crippen LogP contribution < -0.4 is 0 Å². The molecule has 0 saturated carbocycles. The van der Waals surface area contributed by atoms with Gasteiger partial charge in [0.05, 0.1) is 22.3 Å². The Labute approximate surface area is 237 Å². The van der Waals surface area contributed by atoms with Crippen LogP contribution in [-0.2, 0) is 24.7 Å². The van der Waals surface area contributed by atoms with E-state index >= 15 is 0 Å². The van der Waals surface area contributed by atoms with E-state index in [1.54, 1.807) is 0 Å². The lowest BCUT2D eigenvalue weighted by Gasteiger charge is -2.06. The lowest BCUT2D eigenvalue weighted by molar-refractivity contribution is -0.138. The first-order valence-electron chi connectivity index (χ1n) is 11.3. The lowest BCUT2D eigenvalue weighted by atomic mass is 10.2. The Morgan fingerprint density at radius 1 is 0.341 bits per heavy atom. The number of rotatable bonds is 4. The van der Waals surface area contributed by atoms with Crippen LogP contribution in [0.25, 0.3) is 0 Å². The molecule has 0 saturated heterocycles. The molecule has 0 atom stereocenters. The molecule has 20 heteroatoms. The molecule has 0 N–H and O–H groups in total. The van der Waals surface area contributed by atoms with Gasteiger partial charge in [0.15, 0.2) is 23.3 Å². The fourth-order valence-electron chi connectivity index (χ4n) is 2.80. The minimum atomic E-state index is -4.58. The lowest BCUT2D eigenvalue weighted by Crippen LogP contribution is -2.04. The van der Waals surface area contributed by atoms with Gasteiger partial charge in [-0.2, -0.15) is 52.7 Å². The number of pyridine rings is 4. The summed E-state index contributed by atoms with van der Waals surface area (Å²) in [6.07, 6.45) is -14.8. The molecule has 4 aromatic rings. The highest BCUT2D eigenvalue weighted by molar-refractivity contribution is 5.37. The van der Waals surface area contributed by atoms with Crippen LogP contribution in [0.4, 0.5) is 76.0 Å². The van der Waals surface area contributed by atoms with Gasteiger partial charge in [0.1, 0.15) is 0 Å². The predicted molar refractivity (Wildman–Crippen MR) is 125 cm³/mol. The fraction of sp³-hybridized carbons (Fsp3) is 0.167. The number of azo groups is 2. The highest BCUT2D eigenvalue weighted by Crippen LogP contribution is 2.34. The van der Waals surface area contributed by atoms with Crippen molar-refractivity contribution in [3.8, 4) is 0 Å². The van der Waals surface area contributed by atoms with Crippen LogP contribution in [0.2, 0.25) is 0 Å². The molecule has 0 aromatic carbocycles. The molecule has 8 nitrogen and oxygen atoms in total. The summed E-state index contributed by atoms with van der Waals surface area (Å²) in [6, 6.07) is 5.44. The molecule has 0 aliphatic carbocycles. The van der Waals surface area contributed by atoms with E-state index in [4.69, 9.17) is 0 Å². The molecule has 0 aliphatic heterocycles. The van der Waals surface area contributed by atoms with Crippen molar-refractivity contribution >= 4 is 23.3 Å². The van der Waals surface area contributed by atoms with Crippen LogP contribution >= 0.6 is 0 Å². The molecule has 0 radical (unpaired) electrons. The zero-order chi connectivity index (χ0) is 32.8. The van der Waals surface area contributed by atoms with Crippen LogP contribution in [0.15, 0.2) is 93.8 Å². The van der Waals surface area contributed by atoms with Crippen molar-refractivity contribution in [2.24, 2.45) is 20.5 Å². The topological polar surface area (TPSA) is 101 Å². The standard InChI is InChI=1S/2C12H6F6N4/c2*13-11(14,15)7-1-3-19-9(5-7)21-22-10-6-8(2-4-20-10)12(16,17)18/h2*1-6H. The van der Waals surface area contributed by atoms with Gasteiger partial charge in [-0.1, -0.05) is 0 Å². The Morgan fingerprint density at radius 3 is 0.682 bits per heavy atom. The average molecular weight is 640 g/mol. The van der Waals surface area contributed by atoms with Gasteiger partial charge in [0.25, 0.3) is 0 Å². The van der Waals surface area contributed by atoms with Gasteiger partial charge in [-0.05, 0) is 48.5 Å². The van der Waals surface area contributed by atoms with Crippen molar-refractivity contribution in [1.29, 1.82) is 0 Å². The number of halogens is 12. The molecule has 0 unspecified atom stereocenters. The van der Waals surface area contributed by atoms with Gasteiger partial charge in [-0.25, -0.2) is 19.9 Å². The van der Waals surface area contributed by atoms with E-state index < -0.39 is 70.2 Å². The maximum absolute atomic E-state index is 12.5. The molecule has 4 aromatic heterocycles. The van der Waals surface area contributed by atoms with Crippen LogP contribution in [0, 0.1) is 0 Å². The summed E-state index contributed by atoms with van der Waals surface area (Å²) in [6.45, 7) is 0. The van der Waals surface area contributed by atoms with E-state index in [0.29, 0.717) is 24.3 Å². The second-order valence-electron chi connectivity index (χ2n) is 8.00. The van der Waals surface area contributed by atoms with Gasteiger partial charge in [0.2, 0.25) is 0 Å². The third-order valence-electron chi connectivity index (χ3n) is 4.80. The van der Waals surface area contributed by atoms with Crippen molar-refractivity contribution in [1.82, 2.24) is 19.9 Å². The molecule has 4 rings (SSSR count). The van der Waals surface area contributed by atoms with Gasteiger partial charge < -0.3 is 0 Å². The fourth-order valence-corrected chi connectivity index (χ4v) is 2.80. The Kier molecular flexibility index (Phi) is 9.95. The second kappa shape index (κ2) is 13.1. The predicted octanol–water partition coefficient (Wildman–Crippen LogP) is 9.86. The largest absolute Gasteiger partial charge is 0.416 e. The first-order chi connectivity index (χ1) is 20.3. The number of alkyl halides is 12. The first-order valence-corrected chi connectivity index (χ1v) is 11.3. The summed E-state index contributed by atoms with van der Waals surface area (Å²) in [4.78, 5) is 14.1. The summed E-state index contributed by atoms with van der Waals surface area (Å²) < 4.78 is 150. The monoisotopic (exact) mass is 640 g/mol. The third-order valence-corrected chi connectivity index (χ3v) is 4.80. The molecular formula is C24H12F12N8. The zero-order valence-electron chi connectivity index (χ0n) is 21.0. The van der Waals surface area contributed by atoms with Crippen LogP contribution in [0.3, 0.4) is 0 Å². The summed E-state index contributed by atoms with van der Waals surface area (Å²) >= 11 is 0. The SMILES string of the molecule is FC(F)(F)c1ccnc(N=Nc2cc(C(F)(F)F)ccn2)c1.FC(F)(F)c1ccnc(N=Nc2cc(C(F)(F)F)ccn2)c1. The van der Waals surface area contributed by atoms with Crippen LogP contribution in [-0.4, -0.2) is 19.9 Å². The van der Waals surface area contributed by atoms with Crippen LogP contribution in [0.1, 0.15) is 22.3 Å². The maximum Gasteiger partial charge on any atom is 0.416 e. The Balaban J connectivity index is 0.000000240. The van der Waals surface area contributed by atoms with Crippen molar-refractivity contribution in [2.75, 3.05) is 0 Å². The van der Waals surface area contributed by atoms with E-state index in [1.165, 1.54) is 0 Å². The minimum absolute atomic E-state index is 0.394. The van der Waals surface area contributed by atoms with Crippen molar-refractivity contribution in [3.05, 3.63) is 95.6 Å². The highest BCUT2D eigenvalue weighted by Gasteiger charge is 2.33. The molecule has 232 valence electrons. The molecule has 0 bridgehead atoms. The summed E-state index contributed by atoms with van der Waals surface area (Å²) in [5, 5.41) is 13.4. The van der Waals surface area contributed by atoms with Gasteiger partial charge >= 0.3 is 24.7 Å². The smallest absolute Gasteiger partial charge is 0.236 e. The molecule has 0 spiro atoms. The average Bonchev–Trinajstić information content (AvgIpc) is 2.94. The number of nitrogens with zero attached hydrogens (tertiary/aromatic N) is 8. The maximum atomic E-state index is 12.5. The highest BCUT2D eigenvalue weighted by atomic mass is 19.4. The quantitative estimate of drug-likeness (QED) is 0.164. The molecular weight excluding hydrogens is 628 g/mol. The molecule has 0 fully saturated rings. The Morgan fingerprint density at radius 2 is 0.523 bits per heavy atom. The summed E-state index contributed by atoms with van der Waals surface area (Å²) in [7, 11) is 0. The zero-order valence-corrected chi connectivity index (χ0v) is 21.0. The third kappa shape index (κ3) is 10.1. The molecule has 44 heavy (non-hydrogen) atoms. The van der Waals surface area contributed by atoms with E-state index in [1.807, 2.05) is 0 Å². The van der Waals surface area contributed by atoms with Crippen molar-refractivity contribution in [3.63, 3.8) is 0 Å². The van der Waals surface area contributed by atoms with Gasteiger partial charge in [-0.15, -0.1) is 20.5 Å². The van der Waals surface area contributed by atoms with E-state index in [0.717, 1.165) is 49.1 Å². The van der Waals surface area contributed by atoms with E-state index in [-0.39, 0.29) is 0 Å². The number of hydrogen-bond donors (Lipinski definition) is 0. The van der Waals surface area contributed by atoms with E-state index in [2.05, 4.69) is 40.4 Å². The van der Waals surface area contributed by atoms with Crippen molar-refractivity contribution in [2.45, 2.75) is 24.7 Å². The van der Waals surface area contributed by atoms with E-state index in [9.17, 15) is 52.7 Å². The Bertz CT molecular complexity index is 1390. The van der Waals surface area contributed by atoms with Crippen LogP contribution in [0.5, 0.6) is 0 Å². The summed E-state index contributed by atoms with van der Waals surface area (Å²) in [5.41, 5.74) is -3.97. The molecule has 4 heterocycles. The minimum Gasteiger partial charge on any atom is -0.236 e. The number of hydrogen-bond acceptors (Lipinski definition) is 8. The first kappa shape index (κ1) is 33.5. The number of aromatic nitrogens is 4. The normalized spacial score (nSPS) is 12.8. The molecule has 0 aliphatic rings. The second-order valence-corrected chi connectivity index (χ2v) is 8.00. The van der Waals surface area contributed by atoms with Gasteiger partial charge in [0, 0.05) is 24.8 Å².